The summed E-state index contributed by atoms with van der Waals surface area (Å²) in [5.74, 6) is -2.44. The number of piperidine rings is 2. The van der Waals surface area contributed by atoms with Crippen molar-refractivity contribution in [2.75, 3.05) is 4.90 Å². The number of amides is 3. The van der Waals surface area contributed by atoms with Crippen molar-refractivity contribution >= 4 is 29.2 Å². The summed E-state index contributed by atoms with van der Waals surface area (Å²) >= 11 is 0. The van der Waals surface area contributed by atoms with Gasteiger partial charge in [0.2, 0.25) is 11.8 Å². The second-order valence-corrected chi connectivity index (χ2v) is 10.6. The minimum absolute atomic E-state index is 0.0378. The van der Waals surface area contributed by atoms with Crippen LogP contribution in [-0.2, 0) is 14.4 Å². The van der Waals surface area contributed by atoms with Crippen molar-refractivity contribution in [2.45, 2.75) is 57.5 Å². The van der Waals surface area contributed by atoms with E-state index in [-0.39, 0.29) is 41.9 Å². The number of benzene rings is 2. The van der Waals surface area contributed by atoms with Crippen LogP contribution < -0.4 is 4.90 Å². The number of para-hydroxylation sites is 1. The molecule has 2 aromatic carbocycles. The van der Waals surface area contributed by atoms with Crippen LogP contribution >= 0.6 is 0 Å². The molecule has 2 saturated carbocycles. The fourth-order valence-electron chi connectivity index (χ4n) is 7.19. The summed E-state index contributed by atoms with van der Waals surface area (Å²) in [6.07, 6.45) is 5.32. The molecule has 6 nitrogen and oxygen atoms in total. The van der Waals surface area contributed by atoms with Crippen molar-refractivity contribution in [3.05, 3.63) is 65.7 Å². The minimum Gasteiger partial charge on any atom is -0.330 e. The first-order valence-corrected chi connectivity index (χ1v) is 12.8. The highest BCUT2D eigenvalue weighted by molar-refractivity contribution is 6.24. The smallest absolute Gasteiger partial charge is 0.254 e. The number of carbonyl (C=O) groups is 4. The standard InChI is InChI=1S/C29H30N2O4/c1-17-12-14-19(15-13-17)27(33)31-21-16-22(32)24(26(31)18-8-4-2-5-9-18)25-23(21)28(34)30(29(25)35)20-10-6-3-7-11-20/h3,6-7,10-15,18,21,23-26H,2,4-5,8-9,16H2,1H3/t21-,23+,24+,25+,26?/m1/s1. The minimum atomic E-state index is -0.678. The highest BCUT2D eigenvalue weighted by atomic mass is 16.2. The molecule has 5 aliphatic rings. The topological polar surface area (TPSA) is 74.8 Å². The highest BCUT2D eigenvalue weighted by Crippen LogP contribution is 2.53. The summed E-state index contributed by atoms with van der Waals surface area (Å²) in [6.45, 7) is 1.98. The first-order valence-electron chi connectivity index (χ1n) is 12.8. The van der Waals surface area contributed by atoms with Gasteiger partial charge in [-0.15, -0.1) is 0 Å². The van der Waals surface area contributed by atoms with E-state index in [0.29, 0.717) is 11.3 Å². The number of rotatable bonds is 3. The van der Waals surface area contributed by atoms with Crippen molar-refractivity contribution in [3.63, 3.8) is 0 Å². The lowest BCUT2D eigenvalue weighted by Gasteiger charge is -2.57. The molecule has 5 fully saturated rings. The number of nitrogens with zero attached hydrogens (tertiary/aromatic N) is 2. The zero-order valence-electron chi connectivity index (χ0n) is 19.9. The Bertz CT molecular complexity index is 1180. The van der Waals surface area contributed by atoms with Gasteiger partial charge in [0.05, 0.1) is 29.5 Å². The Hall–Kier alpha value is -3.28. The van der Waals surface area contributed by atoms with Gasteiger partial charge in [-0.3, -0.25) is 19.2 Å². The molecule has 3 aliphatic heterocycles. The average molecular weight is 471 g/mol. The second-order valence-electron chi connectivity index (χ2n) is 10.6. The molecule has 3 heterocycles. The molecule has 35 heavy (non-hydrogen) atoms. The molecule has 3 saturated heterocycles. The van der Waals surface area contributed by atoms with Crippen molar-refractivity contribution in [2.24, 2.45) is 23.7 Å². The van der Waals surface area contributed by atoms with Crippen LogP contribution in [0.1, 0.15) is 54.4 Å². The van der Waals surface area contributed by atoms with Gasteiger partial charge < -0.3 is 4.90 Å². The Morgan fingerprint density at radius 3 is 2.14 bits per heavy atom. The number of anilines is 1. The lowest BCUT2D eigenvalue weighted by Crippen LogP contribution is -2.70. The highest BCUT2D eigenvalue weighted by Gasteiger charge is 2.68. The molecule has 2 bridgehead atoms. The molecule has 5 atom stereocenters. The number of hydrogen-bond acceptors (Lipinski definition) is 4. The Morgan fingerprint density at radius 1 is 0.800 bits per heavy atom. The molecule has 3 amide bonds. The number of carbonyl (C=O) groups excluding carboxylic acids is 4. The van der Waals surface area contributed by atoms with Gasteiger partial charge in [0, 0.05) is 18.0 Å². The number of fused-ring (bicyclic) bond motifs is 2. The van der Waals surface area contributed by atoms with Crippen LogP contribution in [0, 0.1) is 30.6 Å². The van der Waals surface area contributed by atoms with Gasteiger partial charge in [-0.05, 0) is 49.9 Å². The fraction of sp³-hybridized carbons (Fsp3) is 0.448. The summed E-state index contributed by atoms with van der Waals surface area (Å²) in [7, 11) is 0. The van der Waals surface area contributed by atoms with E-state index in [4.69, 9.17) is 0 Å². The molecule has 6 heteroatoms. The van der Waals surface area contributed by atoms with Crippen LogP contribution in [0.5, 0.6) is 0 Å². The lowest BCUT2D eigenvalue weighted by atomic mass is 9.58. The number of ketones is 1. The summed E-state index contributed by atoms with van der Waals surface area (Å²) in [5, 5.41) is 0. The van der Waals surface area contributed by atoms with Gasteiger partial charge in [0.1, 0.15) is 5.78 Å². The normalized spacial score (nSPS) is 30.7. The van der Waals surface area contributed by atoms with Gasteiger partial charge in [-0.1, -0.05) is 55.2 Å². The van der Waals surface area contributed by atoms with E-state index in [1.807, 2.05) is 42.2 Å². The van der Waals surface area contributed by atoms with E-state index >= 15 is 0 Å². The molecule has 0 radical (unpaired) electrons. The van der Waals surface area contributed by atoms with E-state index in [0.717, 1.165) is 37.7 Å². The Balaban J connectivity index is 1.45. The first kappa shape index (κ1) is 22.2. The maximum absolute atomic E-state index is 14.0. The van der Waals surface area contributed by atoms with E-state index in [9.17, 15) is 19.2 Å². The van der Waals surface area contributed by atoms with Gasteiger partial charge >= 0.3 is 0 Å². The monoisotopic (exact) mass is 470 g/mol. The maximum atomic E-state index is 14.0. The average Bonchev–Trinajstić information content (AvgIpc) is 3.15. The first-order chi connectivity index (χ1) is 17.0. The number of imide groups is 1. The summed E-state index contributed by atoms with van der Waals surface area (Å²) in [4.78, 5) is 58.1. The number of aryl methyl sites for hydroxylation is 1. The van der Waals surface area contributed by atoms with E-state index in [1.54, 1.807) is 24.3 Å². The third-order valence-electron chi connectivity index (χ3n) is 8.71. The summed E-state index contributed by atoms with van der Waals surface area (Å²) in [6, 6.07) is 15.5. The quantitative estimate of drug-likeness (QED) is 0.632. The summed E-state index contributed by atoms with van der Waals surface area (Å²) < 4.78 is 0. The lowest BCUT2D eigenvalue weighted by molar-refractivity contribution is -0.157. The van der Waals surface area contributed by atoms with E-state index < -0.39 is 23.8 Å². The third-order valence-corrected chi connectivity index (χ3v) is 8.71. The number of Topliss-reactive ketones (excluding diaryl/α,β-unsaturated/α-hetero) is 1. The van der Waals surface area contributed by atoms with Gasteiger partial charge in [-0.2, -0.15) is 0 Å². The third kappa shape index (κ3) is 3.37. The fourth-order valence-corrected chi connectivity index (χ4v) is 7.19. The van der Waals surface area contributed by atoms with Crippen LogP contribution in [0.2, 0.25) is 0 Å². The van der Waals surface area contributed by atoms with Gasteiger partial charge in [0.15, 0.2) is 0 Å². The van der Waals surface area contributed by atoms with Crippen molar-refractivity contribution in [1.82, 2.24) is 4.90 Å². The van der Waals surface area contributed by atoms with Crippen molar-refractivity contribution < 1.29 is 19.2 Å². The SMILES string of the molecule is Cc1ccc(C(=O)N2C(C3CCCCC3)[C@H]3C(=O)C[C@@H]2[C@@H]2C(=O)N(c4ccccc4)C(=O)[C@@H]23)cc1. The van der Waals surface area contributed by atoms with Crippen LogP contribution in [-0.4, -0.2) is 40.5 Å². The van der Waals surface area contributed by atoms with E-state index in [2.05, 4.69) is 0 Å². The second kappa shape index (κ2) is 8.43. The predicted octanol–water partition coefficient (Wildman–Crippen LogP) is 4.16. The molecule has 180 valence electrons. The molecule has 7 rings (SSSR count). The van der Waals surface area contributed by atoms with Crippen LogP contribution in [0.15, 0.2) is 54.6 Å². The van der Waals surface area contributed by atoms with Crippen molar-refractivity contribution in [1.29, 1.82) is 0 Å². The Labute approximate surface area is 205 Å². The van der Waals surface area contributed by atoms with Crippen LogP contribution in [0.25, 0.3) is 0 Å². The van der Waals surface area contributed by atoms with Gasteiger partial charge in [-0.25, -0.2) is 4.90 Å². The molecular weight excluding hydrogens is 440 g/mol. The van der Waals surface area contributed by atoms with Crippen LogP contribution in [0.3, 0.4) is 0 Å². The molecule has 0 spiro atoms. The zero-order chi connectivity index (χ0) is 24.3. The molecular formula is C29H30N2O4. The molecule has 2 aliphatic carbocycles. The van der Waals surface area contributed by atoms with E-state index in [1.165, 1.54) is 4.90 Å². The number of hydrogen-bond donors (Lipinski definition) is 0. The van der Waals surface area contributed by atoms with Crippen molar-refractivity contribution in [3.8, 4) is 0 Å². The largest absolute Gasteiger partial charge is 0.330 e. The molecule has 0 N–H and O–H groups in total. The Kier molecular flexibility index (Phi) is 5.35. The maximum Gasteiger partial charge on any atom is 0.254 e. The summed E-state index contributed by atoms with van der Waals surface area (Å²) in [5.41, 5.74) is 2.18. The van der Waals surface area contributed by atoms with Gasteiger partial charge in [0.25, 0.3) is 5.91 Å². The van der Waals surface area contributed by atoms with Crippen LogP contribution in [0.4, 0.5) is 5.69 Å². The Morgan fingerprint density at radius 2 is 1.46 bits per heavy atom. The molecule has 1 unspecified atom stereocenters. The molecule has 0 aromatic heterocycles. The zero-order valence-corrected chi connectivity index (χ0v) is 19.9. The predicted molar refractivity (Wildman–Crippen MR) is 131 cm³/mol. The molecule has 2 aromatic rings.